The standard InChI is InChI=1S/C63H71N9O14S3/c1-39-13-25-51-48(33-39)62(2,3)53(71(51)29-6-8-31-87(77,78)79)27-19-42-11-10-12-43(20-28-54-63(4,5)49-34-41(38-89(83,84)85)16-26-52(49)72(54)30-7-9-32-88(80,81)82)56(42)86-47-23-14-40(15-24-47)35-50(60(75)76)68-58(73)44-17-21-45(22-18-44)65-36-46-37-66-57-55(67-46)59(74)70-61(64)69-57/h13-28,33-34,37,50H,6-12,29-32,35-36,38H2,1-5H3,(H8-,64,65,66,68,69,70,73,74,75,76,77,78,79,80,81,82,83,84,85)/p+1/t50-/m0/s1/i14+2,15+2,23+2,24+2,40+1,47+2,50+2,60+2. The molecule has 23 nitrogen and oxygen atoms in total. The Hall–Kier alpha value is -8.40. The molecule has 1 aliphatic carbocycles. The van der Waals surface area contributed by atoms with Crippen LogP contribution in [0.1, 0.15) is 117 Å². The van der Waals surface area contributed by atoms with Crippen molar-refractivity contribution in [3.63, 3.8) is 0 Å². The van der Waals surface area contributed by atoms with Crippen molar-refractivity contribution in [1.29, 1.82) is 0 Å². The number of aryl methyl sites for hydroxylation is 1. The number of unbranched alkanes of at least 4 members (excludes halogenated alkanes) is 2. The van der Waals surface area contributed by atoms with Gasteiger partial charge in [-0.05, 0) is 148 Å². The van der Waals surface area contributed by atoms with Crippen molar-refractivity contribution in [1.82, 2.24) is 25.3 Å². The largest absolute Gasteiger partial charge is 0.480 e. The predicted octanol–water partition coefficient (Wildman–Crippen LogP) is 8.42. The quantitative estimate of drug-likeness (QED) is 0.0151. The third-order valence-electron chi connectivity index (χ3n) is 16.1. The summed E-state index contributed by atoms with van der Waals surface area (Å²) in [5.41, 5.74) is 14.4. The van der Waals surface area contributed by atoms with Crippen molar-refractivity contribution in [3.05, 3.63) is 187 Å². The molecule has 0 spiro atoms. The number of nitrogens with two attached hydrogens (primary N) is 1. The number of fused-ring (bicyclic) bond motifs is 3. The van der Waals surface area contributed by atoms with Gasteiger partial charge in [0.2, 0.25) is 11.6 Å². The SMILES string of the molecule is Cc1ccc2c(c1)C(C)(C)/C(=C\C=C1/CCCC(/C=C/C3=[N+](CCCCS(=O)(=O)O)c4ccc(CS(=O)(=O)O)cc4C3(C)C)=C1O[14c]1[14cH][14cH][13c](C[14C@H](NC(=O)c3ccc(NCc4cnc5nc(N)[nH]c(=O)c5n4)cc3)[14C](=O)O)[14cH][14cH]1)N2CCCCS(=O)(=O)O. The van der Waals surface area contributed by atoms with Gasteiger partial charge in [-0.2, -0.15) is 34.8 Å². The van der Waals surface area contributed by atoms with Gasteiger partial charge in [0.15, 0.2) is 16.9 Å². The Kier molecular flexibility index (Phi) is 19.3. The molecule has 0 saturated carbocycles. The number of amides is 1. The number of carboxylic acids is 1. The highest BCUT2D eigenvalue weighted by Crippen LogP contribution is 2.49. The van der Waals surface area contributed by atoms with Gasteiger partial charge >= 0.3 is 5.97 Å². The van der Waals surface area contributed by atoms with E-state index < -0.39 is 76.2 Å². The van der Waals surface area contributed by atoms with Crippen molar-refractivity contribution in [2.24, 2.45) is 0 Å². The Bertz CT molecular complexity index is 4330. The number of hydrogen-bond acceptors (Lipinski definition) is 16. The number of allylic oxidation sites excluding steroid dienone is 7. The lowest BCUT2D eigenvalue weighted by Gasteiger charge is -2.27. The first-order valence-electron chi connectivity index (χ1n) is 28.9. The zero-order valence-corrected chi connectivity index (χ0v) is 52.3. The first-order chi connectivity index (χ1) is 41.9. The number of nitrogens with zero attached hydrogens (tertiary/aromatic N) is 5. The fourth-order valence-corrected chi connectivity index (χ4v) is 13.3. The monoisotopic (exact) mass is 1290 g/mol. The Morgan fingerprint density at radius 1 is 0.888 bits per heavy atom. The van der Waals surface area contributed by atoms with E-state index in [9.17, 15) is 58.4 Å². The molecule has 3 aliphatic rings. The summed E-state index contributed by atoms with van der Waals surface area (Å²) in [4.78, 5) is 55.6. The number of aromatic nitrogens is 4. The van der Waals surface area contributed by atoms with Gasteiger partial charge in [0.1, 0.15) is 29.8 Å². The summed E-state index contributed by atoms with van der Waals surface area (Å²) >= 11 is 0. The van der Waals surface area contributed by atoms with E-state index in [0.29, 0.717) is 72.8 Å². The molecule has 1 atom stereocenters. The number of carbonyl (C=O) groups excluding carboxylic acids is 1. The number of ether oxygens (including phenoxy) is 1. The molecule has 9 rings (SSSR count). The van der Waals surface area contributed by atoms with E-state index in [4.69, 9.17) is 10.5 Å². The van der Waals surface area contributed by atoms with Crippen molar-refractivity contribution in [3.8, 4) is 5.75 Å². The third-order valence-corrected chi connectivity index (χ3v) is 18.4. The predicted molar refractivity (Wildman–Crippen MR) is 339 cm³/mol. The van der Waals surface area contributed by atoms with Gasteiger partial charge in [-0.15, -0.1) is 0 Å². The van der Waals surface area contributed by atoms with E-state index in [-0.39, 0.29) is 54.2 Å². The molecule has 89 heavy (non-hydrogen) atoms. The van der Waals surface area contributed by atoms with Crippen LogP contribution in [-0.4, -0.2) is 117 Å². The summed E-state index contributed by atoms with van der Waals surface area (Å²) in [7, 11) is -12.7. The normalized spacial score (nSPS) is 17.0. The topological polar surface area (TPSA) is 355 Å². The molecule has 6 aromatic rings. The van der Waals surface area contributed by atoms with Crippen LogP contribution < -0.4 is 31.6 Å². The summed E-state index contributed by atoms with van der Waals surface area (Å²) in [6.45, 7) is 11.3. The fourth-order valence-electron chi connectivity index (χ4n) is 11.6. The van der Waals surface area contributed by atoms with Crippen LogP contribution in [-0.2, 0) is 64.7 Å². The molecule has 470 valence electrons. The van der Waals surface area contributed by atoms with Gasteiger partial charge in [0.25, 0.3) is 41.8 Å². The van der Waals surface area contributed by atoms with E-state index >= 15 is 0 Å². The molecular formula is C63H72N9O14S3+. The van der Waals surface area contributed by atoms with Gasteiger partial charge in [-0.3, -0.25) is 28.2 Å². The Balaban J connectivity index is 1.01. The lowest BCUT2D eigenvalue weighted by molar-refractivity contribution is -0.438. The smallest absolute Gasteiger partial charge is 0.326 e. The minimum absolute atomic E-state index is 0.0304. The van der Waals surface area contributed by atoms with Crippen LogP contribution in [0.4, 0.5) is 23.0 Å². The number of nitrogen functional groups attached to an aromatic ring is 1. The van der Waals surface area contributed by atoms with Gasteiger partial charge in [-0.25, -0.2) is 14.8 Å². The van der Waals surface area contributed by atoms with Crippen LogP contribution in [0.15, 0.2) is 143 Å². The van der Waals surface area contributed by atoms with E-state index in [1.165, 1.54) is 6.20 Å². The number of H-pyrrole nitrogens is 1. The van der Waals surface area contributed by atoms with E-state index in [1.54, 1.807) is 66.7 Å². The molecule has 4 aromatic carbocycles. The second-order valence-corrected chi connectivity index (χ2v) is 28.1. The van der Waals surface area contributed by atoms with Crippen LogP contribution in [0.2, 0.25) is 0 Å². The molecule has 1 amide bonds. The second kappa shape index (κ2) is 26.4. The number of benzene rings is 4. The zero-order chi connectivity index (χ0) is 64.2. The highest BCUT2D eigenvalue weighted by Gasteiger charge is 2.45. The molecule has 2 aliphatic heterocycles. The summed E-state index contributed by atoms with van der Waals surface area (Å²) < 4.78 is 109. The number of nitrogens with one attached hydrogen (secondary N) is 3. The zero-order valence-electron chi connectivity index (χ0n) is 49.9. The minimum Gasteiger partial charge on any atom is -0.480 e. The van der Waals surface area contributed by atoms with Crippen LogP contribution in [0, 0.1) is 6.92 Å². The number of carbonyl (C=O) groups is 2. The highest BCUT2D eigenvalue weighted by molar-refractivity contribution is 7.86. The maximum absolute atomic E-state index is 13.5. The van der Waals surface area contributed by atoms with Crippen molar-refractivity contribution < 1.29 is 62.9 Å². The van der Waals surface area contributed by atoms with Gasteiger partial charge in [-0.1, -0.05) is 55.8 Å². The summed E-state index contributed by atoms with van der Waals surface area (Å²) in [5.74, 6) is -2.33. The number of hydrogen-bond donors (Lipinski definition) is 8. The maximum Gasteiger partial charge on any atom is 0.326 e. The van der Waals surface area contributed by atoms with Gasteiger partial charge < -0.3 is 31.1 Å². The summed E-state index contributed by atoms with van der Waals surface area (Å²) in [6, 6.07) is 23.4. The molecule has 0 saturated heterocycles. The maximum atomic E-state index is 13.5. The molecule has 9 N–H and O–H groups in total. The van der Waals surface area contributed by atoms with E-state index in [0.717, 1.165) is 57.0 Å². The Morgan fingerprint density at radius 2 is 1.60 bits per heavy atom. The summed E-state index contributed by atoms with van der Waals surface area (Å²) in [6.07, 6.45) is 12.7. The fraction of sp³-hybridized carbons (Fsp3) is 0.349. The number of aliphatic carboxylic acids is 1. The number of anilines is 3. The second-order valence-electron chi connectivity index (χ2n) is 23.5. The first-order valence-corrected chi connectivity index (χ1v) is 33.8. The third kappa shape index (κ3) is 16.1. The van der Waals surface area contributed by atoms with Crippen LogP contribution in [0.25, 0.3) is 11.2 Å². The van der Waals surface area contributed by atoms with Crippen molar-refractivity contribution >= 4 is 82.1 Å². The average molecular weight is 1290 g/mol. The summed E-state index contributed by atoms with van der Waals surface area (Å²) in [5, 5.41) is 16.1. The molecule has 0 fully saturated rings. The van der Waals surface area contributed by atoms with Crippen LogP contribution in [0.3, 0.4) is 0 Å². The van der Waals surface area contributed by atoms with Gasteiger partial charge in [0.05, 0.1) is 35.4 Å². The molecule has 4 heterocycles. The molecule has 2 aromatic heterocycles. The number of aromatic amines is 1. The minimum atomic E-state index is -4.36. The lowest BCUT2D eigenvalue weighted by Crippen LogP contribution is -2.42. The lowest BCUT2D eigenvalue weighted by atomic mass is 9.80. The first kappa shape index (κ1) is 65.1. The van der Waals surface area contributed by atoms with Crippen molar-refractivity contribution in [2.45, 2.75) is 115 Å². The van der Waals surface area contributed by atoms with Gasteiger partial charge in [0, 0.05) is 65.1 Å². The molecule has 0 bridgehead atoms. The van der Waals surface area contributed by atoms with Crippen LogP contribution >= 0.6 is 0 Å². The molecule has 26 heteroatoms. The Morgan fingerprint density at radius 3 is 2.28 bits per heavy atom. The average Bonchev–Trinajstić information content (AvgIpc) is 1.61. The van der Waals surface area contributed by atoms with E-state index in [1.807, 2.05) is 45.1 Å². The van der Waals surface area contributed by atoms with Crippen LogP contribution in [0.5, 0.6) is 5.75 Å². The number of carboxylic acid groups (broad SMARTS) is 1. The highest BCUT2D eigenvalue weighted by atomic mass is 32.2. The van der Waals surface area contributed by atoms with E-state index in [2.05, 4.69) is 72.1 Å². The van der Waals surface area contributed by atoms with Crippen molar-refractivity contribution in [2.75, 3.05) is 40.5 Å². The molecule has 0 radical (unpaired) electrons. The molecule has 0 unspecified atom stereocenters. The Labute approximate surface area is 516 Å². The molecular weight excluding hydrogens is 1220 g/mol. The number of rotatable bonds is 25.